The molecule has 1 heterocycles. The van der Waals surface area contributed by atoms with E-state index in [1.807, 2.05) is 60.7 Å². The Bertz CT molecular complexity index is 1030. The monoisotopic (exact) mass is 437 g/mol. The Morgan fingerprint density at radius 2 is 1.61 bits per heavy atom. The molecule has 0 atom stereocenters. The van der Waals surface area contributed by atoms with E-state index in [-0.39, 0.29) is 13.0 Å². The van der Waals surface area contributed by atoms with E-state index in [9.17, 15) is 14.4 Å². The molecule has 1 aromatic heterocycles. The first-order chi connectivity index (χ1) is 15.1. The zero-order valence-corrected chi connectivity index (χ0v) is 17.9. The average molecular weight is 438 g/mol. The zero-order chi connectivity index (χ0) is 22.1. The highest BCUT2D eigenvalue weighted by molar-refractivity contribution is 7.15. The number of hydrogen-bond donors (Lipinski definition) is 1. The van der Waals surface area contributed by atoms with Gasteiger partial charge in [0.1, 0.15) is 10.6 Å². The van der Waals surface area contributed by atoms with Crippen molar-refractivity contribution in [2.45, 2.75) is 19.8 Å². The summed E-state index contributed by atoms with van der Waals surface area (Å²) in [5, 5.41) is 4.83. The number of anilines is 1. The minimum Gasteiger partial charge on any atom is -0.462 e. The second kappa shape index (κ2) is 11.1. The van der Waals surface area contributed by atoms with Crippen molar-refractivity contribution in [2.24, 2.45) is 0 Å². The maximum absolute atomic E-state index is 12.5. The molecule has 1 N–H and O–H groups in total. The molecule has 0 radical (unpaired) electrons. The van der Waals surface area contributed by atoms with Gasteiger partial charge >= 0.3 is 11.9 Å². The third kappa shape index (κ3) is 6.26. The van der Waals surface area contributed by atoms with Crippen LogP contribution in [0.5, 0.6) is 0 Å². The van der Waals surface area contributed by atoms with Crippen molar-refractivity contribution in [1.82, 2.24) is 0 Å². The SMILES string of the molecule is CCOC(=O)c1c(-c2ccccc2)csc1NC(=O)COC(=O)CCc1ccccc1. The molecule has 6 nitrogen and oxygen atoms in total. The summed E-state index contributed by atoms with van der Waals surface area (Å²) < 4.78 is 10.2. The Morgan fingerprint density at radius 3 is 2.29 bits per heavy atom. The summed E-state index contributed by atoms with van der Waals surface area (Å²) in [6.45, 7) is 1.52. The predicted octanol–water partition coefficient (Wildman–Crippen LogP) is 4.71. The van der Waals surface area contributed by atoms with Gasteiger partial charge in [-0.05, 0) is 24.5 Å². The van der Waals surface area contributed by atoms with Crippen molar-refractivity contribution in [1.29, 1.82) is 0 Å². The van der Waals surface area contributed by atoms with Crippen LogP contribution >= 0.6 is 11.3 Å². The molecular formula is C24H23NO5S. The standard InChI is InChI=1S/C24H23NO5S/c1-2-29-24(28)22-19(18-11-7-4-8-12-18)16-31-23(22)25-20(26)15-30-21(27)14-13-17-9-5-3-6-10-17/h3-12,16H,2,13-15H2,1H3,(H,25,26). The van der Waals surface area contributed by atoms with Gasteiger partial charge in [0.2, 0.25) is 0 Å². The maximum Gasteiger partial charge on any atom is 0.341 e. The van der Waals surface area contributed by atoms with Crippen LogP contribution in [-0.4, -0.2) is 31.1 Å². The molecular weight excluding hydrogens is 414 g/mol. The molecule has 7 heteroatoms. The molecule has 0 saturated carbocycles. The maximum atomic E-state index is 12.5. The van der Waals surface area contributed by atoms with Crippen molar-refractivity contribution in [3.63, 3.8) is 0 Å². The second-order valence-corrected chi connectivity index (χ2v) is 7.51. The number of rotatable bonds is 9. The van der Waals surface area contributed by atoms with Crippen LogP contribution in [0.1, 0.15) is 29.3 Å². The number of hydrogen-bond acceptors (Lipinski definition) is 6. The van der Waals surface area contributed by atoms with Gasteiger partial charge in [0.05, 0.1) is 6.61 Å². The van der Waals surface area contributed by atoms with Crippen LogP contribution in [0, 0.1) is 0 Å². The van der Waals surface area contributed by atoms with Crippen molar-refractivity contribution in [2.75, 3.05) is 18.5 Å². The lowest BCUT2D eigenvalue weighted by molar-refractivity contribution is -0.147. The summed E-state index contributed by atoms with van der Waals surface area (Å²) in [7, 11) is 0. The van der Waals surface area contributed by atoms with Crippen LogP contribution in [0.2, 0.25) is 0 Å². The molecule has 0 fully saturated rings. The number of carbonyl (C=O) groups excluding carboxylic acids is 3. The fourth-order valence-corrected chi connectivity index (χ4v) is 3.93. The normalized spacial score (nSPS) is 10.4. The van der Waals surface area contributed by atoms with Gasteiger partial charge in [-0.3, -0.25) is 9.59 Å². The summed E-state index contributed by atoms with van der Waals surface area (Å²) in [5.41, 5.74) is 2.84. The fraction of sp³-hybridized carbons (Fsp3) is 0.208. The van der Waals surface area contributed by atoms with E-state index in [0.29, 0.717) is 22.5 Å². The van der Waals surface area contributed by atoms with Gasteiger partial charge in [0.25, 0.3) is 5.91 Å². The highest BCUT2D eigenvalue weighted by atomic mass is 32.1. The number of ether oxygens (including phenoxy) is 2. The topological polar surface area (TPSA) is 81.7 Å². The Kier molecular flexibility index (Phi) is 7.95. The quantitative estimate of drug-likeness (QED) is 0.491. The van der Waals surface area contributed by atoms with Gasteiger partial charge in [-0.1, -0.05) is 60.7 Å². The Hall–Kier alpha value is -3.45. The van der Waals surface area contributed by atoms with Crippen molar-refractivity contribution >= 4 is 34.2 Å². The highest BCUT2D eigenvalue weighted by Gasteiger charge is 2.23. The molecule has 3 aromatic rings. The molecule has 2 aromatic carbocycles. The Labute approximate surface area is 184 Å². The summed E-state index contributed by atoms with van der Waals surface area (Å²) in [4.78, 5) is 36.8. The van der Waals surface area contributed by atoms with E-state index >= 15 is 0 Å². The third-order valence-electron chi connectivity index (χ3n) is 4.43. The van der Waals surface area contributed by atoms with Gasteiger partial charge in [0.15, 0.2) is 6.61 Å². The van der Waals surface area contributed by atoms with Crippen LogP contribution in [0.3, 0.4) is 0 Å². The van der Waals surface area contributed by atoms with E-state index in [1.54, 1.807) is 12.3 Å². The first kappa shape index (κ1) is 22.2. The fourth-order valence-electron chi connectivity index (χ4n) is 2.96. The molecule has 0 bridgehead atoms. The van der Waals surface area contributed by atoms with E-state index in [2.05, 4.69) is 5.32 Å². The zero-order valence-electron chi connectivity index (χ0n) is 17.1. The van der Waals surface area contributed by atoms with E-state index in [4.69, 9.17) is 9.47 Å². The van der Waals surface area contributed by atoms with Gasteiger partial charge in [-0.15, -0.1) is 11.3 Å². The molecule has 0 aliphatic rings. The lowest BCUT2D eigenvalue weighted by atomic mass is 10.0. The molecule has 1 amide bonds. The second-order valence-electron chi connectivity index (χ2n) is 6.63. The minimum absolute atomic E-state index is 0.183. The number of aryl methyl sites for hydroxylation is 1. The van der Waals surface area contributed by atoms with Crippen LogP contribution in [0.4, 0.5) is 5.00 Å². The van der Waals surface area contributed by atoms with Gasteiger partial charge in [0, 0.05) is 17.4 Å². The highest BCUT2D eigenvalue weighted by Crippen LogP contribution is 2.36. The van der Waals surface area contributed by atoms with Gasteiger partial charge < -0.3 is 14.8 Å². The number of amides is 1. The summed E-state index contributed by atoms with van der Waals surface area (Å²) >= 11 is 1.22. The molecule has 0 aliphatic heterocycles. The predicted molar refractivity (Wildman–Crippen MR) is 120 cm³/mol. The summed E-state index contributed by atoms with van der Waals surface area (Å²) in [5.74, 6) is -1.49. The van der Waals surface area contributed by atoms with E-state index in [1.165, 1.54) is 11.3 Å². The molecule has 0 spiro atoms. The first-order valence-corrected chi connectivity index (χ1v) is 10.8. The molecule has 0 aliphatic carbocycles. The number of carbonyl (C=O) groups is 3. The number of nitrogens with one attached hydrogen (secondary N) is 1. The lowest BCUT2D eigenvalue weighted by Crippen LogP contribution is -2.21. The van der Waals surface area contributed by atoms with Crippen molar-refractivity contribution in [3.8, 4) is 11.1 Å². The first-order valence-electron chi connectivity index (χ1n) is 9.92. The average Bonchev–Trinajstić information content (AvgIpc) is 3.21. The van der Waals surface area contributed by atoms with Crippen LogP contribution in [0.15, 0.2) is 66.0 Å². The minimum atomic E-state index is -0.516. The third-order valence-corrected chi connectivity index (χ3v) is 5.33. The van der Waals surface area contributed by atoms with Crippen molar-refractivity contribution < 1.29 is 23.9 Å². The van der Waals surface area contributed by atoms with E-state index in [0.717, 1.165) is 11.1 Å². The summed E-state index contributed by atoms with van der Waals surface area (Å²) in [6.07, 6.45) is 0.724. The molecule has 3 rings (SSSR count). The van der Waals surface area contributed by atoms with Crippen molar-refractivity contribution in [3.05, 3.63) is 77.2 Å². The van der Waals surface area contributed by atoms with E-state index < -0.39 is 24.5 Å². The molecule has 0 unspecified atom stereocenters. The lowest BCUT2D eigenvalue weighted by Gasteiger charge is -2.09. The van der Waals surface area contributed by atoms with Gasteiger partial charge in [-0.25, -0.2) is 4.79 Å². The Balaban J connectivity index is 1.62. The molecule has 0 saturated heterocycles. The smallest absolute Gasteiger partial charge is 0.341 e. The number of esters is 2. The number of benzene rings is 2. The molecule has 160 valence electrons. The number of thiophene rings is 1. The Morgan fingerprint density at radius 1 is 0.935 bits per heavy atom. The summed E-state index contributed by atoms with van der Waals surface area (Å²) in [6, 6.07) is 19.0. The van der Waals surface area contributed by atoms with Gasteiger partial charge in [-0.2, -0.15) is 0 Å². The largest absolute Gasteiger partial charge is 0.462 e. The van der Waals surface area contributed by atoms with Crippen LogP contribution < -0.4 is 5.32 Å². The van der Waals surface area contributed by atoms with Crippen LogP contribution in [0.25, 0.3) is 11.1 Å². The van der Waals surface area contributed by atoms with Crippen LogP contribution in [-0.2, 0) is 25.5 Å². The molecule has 31 heavy (non-hydrogen) atoms.